The molecule has 0 unspecified atom stereocenters. The first-order valence-electron chi connectivity index (χ1n) is 10.2. The zero-order valence-electron chi connectivity index (χ0n) is 17.0. The molecule has 1 aliphatic rings. The number of thiophene rings is 1. The van der Waals surface area contributed by atoms with Crippen molar-refractivity contribution in [3.05, 3.63) is 56.3 Å². The van der Waals surface area contributed by atoms with E-state index in [2.05, 4.69) is 10.2 Å². The molecule has 0 N–H and O–H groups in total. The molecule has 0 saturated heterocycles. The molecule has 0 bridgehead atoms. The van der Waals surface area contributed by atoms with Gasteiger partial charge in [0, 0.05) is 23.4 Å². The average Bonchev–Trinajstić information content (AvgIpc) is 3.36. The monoisotopic (exact) mass is 452 g/mol. The molecule has 0 spiro atoms. The van der Waals surface area contributed by atoms with E-state index in [0.717, 1.165) is 47.8 Å². The minimum absolute atomic E-state index is 0.0116. The highest BCUT2D eigenvalue weighted by Gasteiger charge is 2.17. The van der Waals surface area contributed by atoms with Crippen LogP contribution >= 0.6 is 23.1 Å². The van der Waals surface area contributed by atoms with E-state index < -0.39 is 0 Å². The Morgan fingerprint density at radius 1 is 1.19 bits per heavy atom. The molecule has 4 aromatic rings. The SMILES string of the molecule is Cc1ccc(C(=O)CSc2nnc(-c3ccc4c(=O)n5c(nc4c3)CCCCC5)o2)s1. The molecule has 9 heteroatoms. The minimum Gasteiger partial charge on any atom is -0.411 e. The fraction of sp³-hybridized carbons (Fsp3) is 0.318. The van der Waals surface area contributed by atoms with Crippen molar-refractivity contribution in [2.24, 2.45) is 0 Å². The topological polar surface area (TPSA) is 90.9 Å². The number of ketones is 1. The lowest BCUT2D eigenvalue weighted by atomic mass is 10.1. The highest BCUT2D eigenvalue weighted by Crippen LogP contribution is 2.27. The lowest BCUT2D eigenvalue weighted by Crippen LogP contribution is -2.24. The van der Waals surface area contributed by atoms with E-state index in [9.17, 15) is 9.59 Å². The molecule has 0 atom stereocenters. The number of thioether (sulfide) groups is 1. The summed E-state index contributed by atoms with van der Waals surface area (Å²) in [7, 11) is 0. The molecular formula is C22H20N4O3S2. The van der Waals surface area contributed by atoms with Gasteiger partial charge in [0.15, 0.2) is 5.78 Å². The van der Waals surface area contributed by atoms with Gasteiger partial charge in [-0.3, -0.25) is 14.2 Å². The molecule has 1 aliphatic heterocycles. The number of benzene rings is 1. The predicted octanol–water partition coefficient (Wildman–Crippen LogP) is 4.52. The van der Waals surface area contributed by atoms with E-state index in [-0.39, 0.29) is 17.1 Å². The number of fused-ring (bicyclic) bond motifs is 2. The molecule has 158 valence electrons. The van der Waals surface area contributed by atoms with E-state index >= 15 is 0 Å². The number of Topliss-reactive ketones (excluding diaryl/α,β-unsaturated/α-hetero) is 1. The average molecular weight is 453 g/mol. The van der Waals surface area contributed by atoms with Crippen LogP contribution in [0.2, 0.25) is 0 Å². The Kier molecular flexibility index (Phi) is 5.45. The van der Waals surface area contributed by atoms with Crippen molar-refractivity contribution in [2.45, 2.75) is 44.4 Å². The van der Waals surface area contributed by atoms with Crippen LogP contribution in [0.1, 0.15) is 39.6 Å². The van der Waals surface area contributed by atoms with Crippen molar-refractivity contribution in [2.75, 3.05) is 5.75 Å². The molecule has 1 aromatic carbocycles. The van der Waals surface area contributed by atoms with E-state index in [1.165, 1.54) is 23.1 Å². The van der Waals surface area contributed by atoms with Gasteiger partial charge in [0.05, 0.1) is 21.5 Å². The largest absolute Gasteiger partial charge is 0.411 e. The van der Waals surface area contributed by atoms with Gasteiger partial charge in [0.2, 0.25) is 5.89 Å². The van der Waals surface area contributed by atoms with Gasteiger partial charge in [0.25, 0.3) is 10.8 Å². The number of rotatable bonds is 5. The van der Waals surface area contributed by atoms with Crippen LogP contribution in [-0.4, -0.2) is 31.3 Å². The Bertz CT molecular complexity index is 1340. The highest BCUT2D eigenvalue weighted by atomic mass is 32.2. The summed E-state index contributed by atoms with van der Waals surface area (Å²) in [5.41, 5.74) is 1.36. The van der Waals surface area contributed by atoms with Crippen molar-refractivity contribution < 1.29 is 9.21 Å². The summed E-state index contributed by atoms with van der Waals surface area (Å²) in [5, 5.41) is 9.11. The van der Waals surface area contributed by atoms with Gasteiger partial charge >= 0.3 is 0 Å². The van der Waals surface area contributed by atoms with Crippen LogP contribution in [0, 0.1) is 6.92 Å². The first-order valence-corrected chi connectivity index (χ1v) is 12.0. The molecule has 31 heavy (non-hydrogen) atoms. The number of carbonyl (C=O) groups excluding carboxylic acids is 1. The van der Waals surface area contributed by atoms with Crippen molar-refractivity contribution in [1.82, 2.24) is 19.7 Å². The molecule has 0 saturated carbocycles. The Labute approximate surface area is 186 Å². The maximum Gasteiger partial charge on any atom is 0.277 e. The van der Waals surface area contributed by atoms with E-state index in [1.54, 1.807) is 12.1 Å². The second-order valence-corrected chi connectivity index (χ2v) is 9.74. The summed E-state index contributed by atoms with van der Waals surface area (Å²) in [6, 6.07) is 9.18. The summed E-state index contributed by atoms with van der Waals surface area (Å²) in [5.74, 6) is 1.47. The normalized spacial score (nSPS) is 13.8. The predicted molar refractivity (Wildman–Crippen MR) is 121 cm³/mol. The van der Waals surface area contributed by atoms with Gasteiger partial charge in [-0.25, -0.2) is 4.98 Å². The molecule has 7 nitrogen and oxygen atoms in total. The molecule has 0 aliphatic carbocycles. The van der Waals surface area contributed by atoms with E-state index in [0.29, 0.717) is 27.6 Å². The summed E-state index contributed by atoms with van der Waals surface area (Å²) < 4.78 is 7.56. The van der Waals surface area contributed by atoms with Gasteiger partial charge in [-0.15, -0.1) is 21.5 Å². The number of hydrogen-bond acceptors (Lipinski definition) is 8. The van der Waals surface area contributed by atoms with Crippen molar-refractivity contribution >= 4 is 39.8 Å². The number of hydrogen-bond donors (Lipinski definition) is 0. The molecule has 5 rings (SSSR count). The quantitative estimate of drug-likeness (QED) is 0.325. The molecule has 0 amide bonds. The van der Waals surface area contributed by atoms with Gasteiger partial charge in [-0.2, -0.15) is 0 Å². The van der Waals surface area contributed by atoms with Crippen LogP contribution in [0.3, 0.4) is 0 Å². The van der Waals surface area contributed by atoms with Gasteiger partial charge in [-0.1, -0.05) is 18.2 Å². The van der Waals surface area contributed by atoms with Crippen molar-refractivity contribution in [3.63, 3.8) is 0 Å². The Morgan fingerprint density at radius 2 is 2.10 bits per heavy atom. The Balaban J connectivity index is 1.38. The standard InChI is InChI=1S/C22H20N4O3S2/c1-13-6-9-18(31-13)17(27)12-30-22-25-24-20(29-22)14-7-8-15-16(11-14)23-19-5-3-2-4-10-26(19)21(15)28/h6-9,11H,2-5,10,12H2,1H3. The fourth-order valence-electron chi connectivity index (χ4n) is 3.72. The fourth-order valence-corrected chi connectivity index (χ4v) is 5.26. The van der Waals surface area contributed by atoms with Gasteiger partial charge < -0.3 is 4.42 Å². The zero-order chi connectivity index (χ0) is 21.4. The lowest BCUT2D eigenvalue weighted by molar-refractivity contribution is 0.102. The minimum atomic E-state index is 0.0116. The number of aromatic nitrogens is 4. The molecular weight excluding hydrogens is 432 g/mol. The van der Waals surface area contributed by atoms with Crippen molar-refractivity contribution in [3.8, 4) is 11.5 Å². The van der Waals surface area contributed by atoms with Gasteiger partial charge in [0.1, 0.15) is 5.82 Å². The van der Waals surface area contributed by atoms with Crippen LogP contribution < -0.4 is 5.56 Å². The zero-order valence-corrected chi connectivity index (χ0v) is 18.6. The van der Waals surface area contributed by atoms with Gasteiger partial charge in [-0.05, 0) is 50.1 Å². The number of aryl methyl sites for hydroxylation is 2. The van der Waals surface area contributed by atoms with Crippen LogP contribution in [0.15, 0.2) is 44.8 Å². The first-order chi connectivity index (χ1) is 15.1. The summed E-state index contributed by atoms with van der Waals surface area (Å²) in [4.78, 5) is 31.8. The molecule has 4 heterocycles. The van der Waals surface area contributed by atoms with E-state index in [4.69, 9.17) is 9.40 Å². The Hall–Kier alpha value is -2.78. The van der Waals surface area contributed by atoms with E-state index in [1.807, 2.05) is 29.7 Å². The summed E-state index contributed by atoms with van der Waals surface area (Å²) in [6.45, 7) is 2.70. The Morgan fingerprint density at radius 3 is 2.94 bits per heavy atom. The third-order valence-electron chi connectivity index (χ3n) is 5.31. The maximum atomic E-state index is 12.9. The molecule has 0 radical (unpaired) electrons. The van der Waals surface area contributed by atoms with Crippen molar-refractivity contribution in [1.29, 1.82) is 0 Å². The highest BCUT2D eigenvalue weighted by molar-refractivity contribution is 7.99. The number of carbonyl (C=O) groups is 1. The maximum absolute atomic E-state index is 12.9. The number of nitrogens with zero attached hydrogens (tertiary/aromatic N) is 4. The third-order valence-corrected chi connectivity index (χ3v) is 7.17. The molecule has 3 aromatic heterocycles. The molecule has 0 fully saturated rings. The first kappa shape index (κ1) is 20.1. The lowest BCUT2D eigenvalue weighted by Gasteiger charge is -2.10. The summed E-state index contributed by atoms with van der Waals surface area (Å²) >= 11 is 2.71. The second kappa shape index (κ2) is 8.39. The second-order valence-electron chi connectivity index (χ2n) is 7.52. The van der Waals surface area contributed by atoms with Crippen LogP contribution in [0.4, 0.5) is 0 Å². The van der Waals surface area contributed by atoms with Crippen LogP contribution in [0.25, 0.3) is 22.4 Å². The summed E-state index contributed by atoms with van der Waals surface area (Å²) in [6.07, 6.45) is 3.98. The third kappa shape index (κ3) is 4.07. The van der Waals surface area contributed by atoms with Crippen LogP contribution in [0.5, 0.6) is 0 Å². The van der Waals surface area contributed by atoms with Crippen LogP contribution in [-0.2, 0) is 13.0 Å². The smallest absolute Gasteiger partial charge is 0.277 e.